The van der Waals surface area contributed by atoms with Crippen LogP contribution in [0.15, 0.2) is 18.2 Å². The van der Waals surface area contributed by atoms with Crippen LogP contribution in [0.3, 0.4) is 0 Å². The Morgan fingerprint density at radius 3 is 2.47 bits per heavy atom. The number of aryl methyl sites for hydroxylation is 1. The molecule has 1 aliphatic rings. The van der Waals surface area contributed by atoms with Gasteiger partial charge in [-0.2, -0.15) is 0 Å². The molecule has 0 aromatic heterocycles. The van der Waals surface area contributed by atoms with Crippen LogP contribution in [0.4, 0.5) is 5.69 Å². The van der Waals surface area contributed by atoms with E-state index in [1.807, 2.05) is 0 Å². The summed E-state index contributed by atoms with van der Waals surface area (Å²) in [6.07, 6.45) is 5.24. The molecule has 0 atom stereocenters. The van der Waals surface area contributed by atoms with Crippen molar-refractivity contribution < 1.29 is 0 Å². The minimum atomic E-state index is 0.529. The smallest absolute Gasteiger partial charge is 0.0411 e. The standard InChI is InChI=1S/C17H28N2/c1-13-5-6-16(14(11-13)12-18)19(4)15-7-9-17(2,3)10-8-15/h5-6,11,15H,7-10,12,18H2,1-4H3. The number of hydrogen-bond acceptors (Lipinski definition) is 2. The maximum absolute atomic E-state index is 5.90. The van der Waals surface area contributed by atoms with Gasteiger partial charge in [0.05, 0.1) is 0 Å². The summed E-state index contributed by atoms with van der Waals surface area (Å²) >= 11 is 0. The fourth-order valence-electron chi connectivity index (χ4n) is 3.19. The van der Waals surface area contributed by atoms with Crippen molar-refractivity contribution in [3.63, 3.8) is 0 Å². The molecule has 0 heterocycles. The summed E-state index contributed by atoms with van der Waals surface area (Å²) in [4.78, 5) is 2.46. The van der Waals surface area contributed by atoms with Crippen LogP contribution in [0.1, 0.15) is 50.7 Å². The molecule has 0 aliphatic heterocycles. The third-order valence-corrected chi connectivity index (χ3v) is 4.69. The number of anilines is 1. The van der Waals surface area contributed by atoms with Gasteiger partial charge in [0.15, 0.2) is 0 Å². The van der Waals surface area contributed by atoms with Crippen LogP contribution < -0.4 is 10.6 Å². The van der Waals surface area contributed by atoms with Crippen LogP contribution in [0.25, 0.3) is 0 Å². The Kier molecular flexibility index (Phi) is 4.19. The van der Waals surface area contributed by atoms with Crippen molar-refractivity contribution in [1.29, 1.82) is 0 Å². The molecule has 1 aromatic rings. The Labute approximate surface area is 118 Å². The predicted octanol–water partition coefficient (Wildman–Crippen LogP) is 3.86. The first-order valence-corrected chi connectivity index (χ1v) is 7.45. The molecule has 2 nitrogen and oxygen atoms in total. The lowest BCUT2D eigenvalue weighted by Gasteiger charge is -2.40. The summed E-state index contributed by atoms with van der Waals surface area (Å²) in [5, 5.41) is 0. The van der Waals surface area contributed by atoms with Gasteiger partial charge in [0, 0.05) is 25.3 Å². The van der Waals surface area contributed by atoms with Crippen LogP contribution in [0.5, 0.6) is 0 Å². The molecule has 1 fully saturated rings. The van der Waals surface area contributed by atoms with E-state index in [0.717, 1.165) is 0 Å². The molecular weight excluding hydrogens is 232 g/mol. The normalized spacial score (nSPS) is 19.4. The highest BCUT2D eigenvalue weighted by Crippen LogP contribution is 2.38. The summed E-state index contributed by atoms with van der Waals surface area (Å²) in [7, 11) is 2.23. The quantitative estimate of drug-likeness (QED) is 0.894. The van der Waals surface area contributed by atoms with E-state index in [9.17, 15) is 0 Å². The third kappa shape index (κ3) is 3.30. The Morgan fingerprint density at radius 2 is 1.89 bits per heavy atom. The zero-order chi connectivity index (χ0) is 14.0. The molecule has 1 aromatic carbocycles. The molecule has 0 spiro atoms. The second-order valence-electron chi connectivity index (χ2n) is 6.84. The number of hydrogen-bond donors (Lipinski definition) is 1. The zero-order valence-electron chi connectivity index (χ0n) is 12.9. The van der Waals surface area contributed by atoms with Crippen LogP contribution in [0, 0.1) is 12.3 Å². The van der Waals surface area contributed by atoms with Gasteiger partial charge in [-0.3, -0.25) is 0 Å². The second kappa shape index (κ2) is 5.54. The highest BCUT2D eigenvalue weighted by molar-refractivity contribution is 5.55. The Morgan fingerprint density at radius 1 is 1.26 bits per heavy atom. The van der Waals surface area contributed by atoms with E-state index in [2.05, 4.69) is 50.9 Å². The molecule has 1 aliphatic carbocycles. The monoisotopic (exact) mass is 260 g/mol. The second-order valence-corrected chi connectivity index (χ2v) is 6.84. The number of nitrogens with zero attached hydrogens (tertiary/aromatic N) is 1. The first-order valence-electron chi connectivity index (χ1n) is 7.45. The maximum atomic E-state index is 5.90. The number of benzene rings is 1. The molecule has 0 amide bonds. The minimum Gasteiger partial charge on any atom is -0.371 e. The van der Waals surface area contributed by atoms with E-state index in [1.165, 1.54) is 42.5 Å². The molecule has 0 radical (unpaired) electrons. The molecule has 19 heavy (non-hydrogen) atoms. The maximum Gasteiger partial charge on any atom is 0.0411 e. The molecule has 2 heteroatoms. The zero-order valence-corrected chi connectivity index (χ0v) is 12.9. The highest BCUT2D eigenvalue weighted by atomic mass is 15.1. The van der Waals surface area contributed by atoms with Gasteiger partial charge in [0.2, 0.25) is 0 Å². The fraction of sp³-hybridized carbons (Fsp3) is 0.647. The van der Waals surface area contributed by atoms with Crippen molar-refractivity contribution >= 4 is 5.69 Å². The van der Waals surface area contributed by atoms with Gasteiger partial charge in [-0.25, -0.2) is 0 Å². The predicted molar refractivity (Wildman–Crippen MR) is 83.5 cm³/mol. The van der Waals surface area contributed by atoms with Gasteiger partial charge >= 0.3 is 0 Å². The topological polar surface area (TPSA) is 29.3 Å². The molecular formula is C17H28N2. The molecule has 106 valence electrons. The number of rotatable bonds is 3. The lowest BCUT2D eigenvalue weighted by molar-refractivity contribution is 0.222. The summed E-state index contributed by atoms with van der Waals surface area (Å²) < 4.78 is 0. The minimum absolute atomic E-state index is 0.529. The van der Waals surface area contributed by atoms with E-state index in [1.54, 1.807) is 0 Å². The van der Waals surface area contributed by atoms with Crippen molar-refractivity contribution in [2.24, 2.45) is 11.1 Å². The van der Waals surface area contributed by atoms with E-state index >= 15 is 0 Å². The average molecular weight is 260 g/mol. The summed E-state index contributed by atoms with van der Waals surface area (Å²) in [6, 6.07) is 7.31. The molecule has 2 rings (SSSR count). The number of nitrogens with two attached hydrogens (primary N) is 1. The van der Waals surface area contributed by atoms with Crippen molar-refractivity contribution in [3.05, 3.63) is 29.3 Å². The third-order valence-electron chi connectivity index (χ3n) is 4.69. The van der Waals surface area contributed by atoms with E-state index in [-0.39, 0.29) is 0 Å². The SMILES string of the molecule is Cc1ccc(N(C)C2CCC(C)(C)CC2)c(CN)c1. The lowest BCUT2D eigenvalue weighted by atomic mass is 9.75. The average Bonchev–Trinajstić information content (AvgIpc) is 2.37. The van der Waals surface area contributed by atoms with E-state index in [4.69, 9.17) is 5.73 Å². The largest absolute Gasteiger partial charge is 0.371 e. The molecule has 0 unspecified atom stereocenters. The summed E-state index contributed by atoms with van der Waals surface area (Å²) in [5.41, 5.74) is 10.3. The first-order chi connectivity index (χ1) is 8.93. The Balaban J connectivity index is 2.14. The molecule has 2 N–H and O–H groups in total. The molecule has 0 bridgehead atoms. The summed E-state index contributed by atoms with van der Waals surface area (Å²) in [5.74, 6) is 0. The first kappa shape index (κ1) is 14.4. The van der Waals surface area contributed by atoms with Crippen molar-refractivity contribution in [2.75, 3.05) is 11.9 Å². The fourth-order valence-corrected chi connectivity index (χ4v) is 3.19. The van der Waals surface area contributed by atoms with Crippen LogP contribution in [-0.2, 0) is 6.54 Å². The van der Waals surface area contributed by atoms with E-state index in [0.29, 0.717) is 18.0 Å². The van der Waals surface area contributed by atoms with Gasteiger partial charge in [-0.05, 0) is 49.7 Å². The summed E-state index contributed by atoms with van der Waals surface area (Å²) in [6.45, 7) is 7.53. The van der Waals surface area contributed by atoms with Crippen LogP contribution >= 0.6 is 0 Å². The van der Waals surface area contributed by atoms with Crippen LogP contribution in [-0.4, -0.2) is 13.1 Å². The Hall–Kier alpha value is -1.02. The van der Waals surface area contributed by atoms with Gasteiger partial charge in [0.25, 0.3) is 0 Å². The van der Waals surface area contributed by atoms with Gasteiger partial charge in [-0.1, -0.05) is 31.5 Å². The lowest BCUT2D eigenvalue weighted by Crippen LogP contribution is -2.37. The van der Waals surface area contributed by atoms with Gasteiger partial charge in [-0.15, -0.1) is 0 Å². The van der Waals surface area contributed by atoms with E-state index < -0.39 is 0 Å². The van der Waals surface area contributed by atoms with Crippen LogP contribution in [0.2, 0.25) is 0 Å². The highest BCUT2D eigenvalue weighted by Gasteiger charge is 2.29. The van der Waals surface area contributed by atoms with Crippen molar-refractivity contribution in [3.8, 4) is 0 Å². The van der Waals surface area contributed by atoms with Crippen molar-refractivity contribution in [2.45, 2.75) is 59.0 Å². The molecule has 0 saturated heterocycles. The van der Waals surface area contributed by atoms with Crippen molar-refractivity contribution in [1.82, 2.24) is 0 Å². The van der Waals surface area contributed by atoms with Gasteiger partial charge < -0.3 is 10.6 Å². The van der Waals surface area contributed by atoms with Gasteiger partial charge in [0.1, 0.15) is 0 Å². The molecule has 1 saturated carbocycles. The Bertz CT molecular complexity index is 427.